The van der Waals surface area contributed by atoms with Crippen LogP contribution in [0.5, 0.6) is 5.75 Å². The molecule has 0 spiro atoms. The Labute approximate surface area is 162 Å². The van der Waals surface area contributed by atoms with Crippen LogP contribution in [0.2, 0.25) is 5.02 Å². The third-order valence-electron chi connectivity index (χ3n) is 4.69. The van der Waals surface area contributed by atoms with Crippen LogP contribution in [-0.4, -0.2) is 48.7 Å². The van der Waals surface area contributed by atoms with E-state index in [9.17, 15) is 14.0 Å². The van der Waals surface area contributed by atoms with Gasteiger partial charge in [-0.25, -0.2) is 9.18 Å². The van der Waals surface area contributed by atoms with Crippen molar-refractivity contribution in [1.82, 2.24) is 4.90 Å². The van der Waals surface area contributed by atoms with Gasteiger partial charge < -0.3 is 9.47 Å². The molecule has 1 aromatic carbocycles. The van der Waals surface area contributed by atoms with Crippen molar-refractivity contribution in [3.8, 4) is 18.1 Å². The second kappa shape index (κ2) is 8.15. The highest BCUT2D eigenvalue weighted by atomic mass is 35.5. The zero-order chi connectivity index (χ0) is 19.6. The van der Waals surface area contributed by atoms with Crippen LogP contribution in [0.1, 0.15) is 26.2 Å². The van der Waals surface area contributed by atoms with Crippen LogP contribution in [0.25, 0.3) is 0 Å². The van der Waals surface area contributed by atoms with Crippen LogP contribution < -0.4 is 9.64 Å². The van der Waals surface area contributed by atoms with E-state index in [1.165, 1.54) is 6.07 Å². The minimum Gasteiger partial charge on any atom is -0.479 e. The number of nitrogens with zero attached hydrogens (tertiary/aromatic N) is 2. The number of piperidine rings is 1. The molecule has 0 bridgehead atoms. The molecular weight excluding hydrogens is 375 g/mol. The zero-order valence-electron chi connectivity index (χ0n) is 14.9. The molecule has 2 aliphatic heterocycles. The molecule has 0 N–H and O–H groups in total. The molecule has 27 heavy (non-hydrogen) atoms. The summed E-state index contributed by atoms with van der Waals surface area (Å²) in [4.78, 5) is 28.6. The van der Waals surface area contributed by atoms with Crippen LogP contribution in [-0.2, 0) is 14.3 Å². The molecule has 1 amide bonds. The second-order valence-electron chi connectivity index (χ2n) is 6.31. The third kappa shape index (κ3) is 3.60. The Hall–Kier alpha value is -2.30. The van der Waals surface area contributed by atoms with Crippen molar-refractivity contribution in [3.63, 3.8) is 0 Å². The van der Waals surface area contributed by atoms with Crippen LogP contribution >= 0.6 is 11.6 Å². The van der Waals surface area contributed by atoms with E-state index >= 15 is 0 Å². The molecule has 6 nitrogen and oxygen atoms in total. The summed E-state index contributed by atoms with van der Waals surface area (Å²) in [5.41, 5.74) is -0.0797. The van der Waals surface area contributed by atoms with Gasteiger partial charge in [0, 0.05) is 12.6 Å². The Morgan fingerprint density at radius 1 is 1.44 bits per heavy atom. The Morgan fingerprint density at radius 2 is 2.22 bits per heavy atom. The standard InChI is InChI=1S/C19H20ClFN2O4/c1-3-9-27-16-11-15(13(21)10-12(16)20)23-17(19(25)26-4-2)22-8-6-5-7-14(22)18(23)24/h1,10-11,14,17H,4-9H2,2H3. The third-order valence-corrected chi connectivity index (χ3v) is 4.99. The van der Waals surface area contributed by atoms with E-state index in [1.807, 2.05) is 0 Å². The Kier molecular flexibility index (Phi) is 5.88. The number of ether oxygens (including phenoxy) is 2. The molecule has 2 unspecified atom stereocenters. The summed E-state index contributed by atoms with van der Waals surface area (Å²) >= 11 is 6.01. The van der Waals surface area contributed by atoms with Crippen molar-refractivity contribution in [1.29, 1.82) is 0 Å². The molecule has 2 saturated heterocycles. The summed E-state index contributed by atoms with van der Waals surface area (Å²) in [5.74, 6) is 0.798. The molecule has 8 heteroatoms. The topological polar surface area (TPSA) is 59.1 Å². The number of amides is 1. The maximum absolute atomic E-state index is 14.7. The highest BCUT2D eigenvalue weighted by Gasteiger charge is 2.52. The summed E-state index contributed by atoms with van der Waals surface area (Å²) in [7, 11) is 0. The number of carbonyl (C=O) groups excluding carboxylic acids is 2. The summed E-state index contributed by atoms with van der Waals surface area (Å²) in [5, 5.41) is 0.0311. The molecule has 144 valence electrons. The number of hydrogen-bond acceptors (Lipinski definition) is 5. The van der Waals surface area contributed by atoms with E-state index in [0.717, 1.165) is 23.8 Å². The smallest absolute Gasteiger partial charge is 0.344 e. The SMILES string of the molecule is C#CCOc1cc(N2C(=O)C3CCCCN3C2C(=O)OCC)c(F)cc1Cl. The lowest BCUT2D eigenvalue weighted by molar-refractivity contribution is -0.149. The molecule has 1 aromatic rings. The lowest BCUT2D eigenvalue weighted by Gasteiger charge is -2.31. The van der Waals surface area contributed by atoms with Gasteiger partial charge in [-0.3, -0.25) is 14.6 Å². The minimum absolute atomic E-state index is 0.0311. The highest BCUT2D eigenvalue weighted by molar-refractivity contribution is 6.32. The maximum Gasteiger partial charge on any atom is 0.344 e. The van der Waals surface area contributed by atoms with Crippen LogP contribution in [0.15, 0.2) is 12.1 Å². The number of carbonyl (C=O) groups is 2. The van der Waals surface area contributed by atoms with Crippen LogP contribution in [0, 0.1) is 18.2 Å². The molecule has 3 rings (SSSR count). The lowest BCUT2D eigenvalue weighted by atomic mass is 10.0. The summed E-state index contributed by atoms with van der Waals surface area (Å²) in [6.07, 6.45) is 6.51. The number of fused-ring (bicyclic) bond motifs is 1. The van der Waals surface area contributed by atoms with Gasteiger partial charge in [-0.15, -0.1) is 6.42 Å². The van der Waals surface area contributed by atoms with Crippen molar-refractivity contribution < 1.29 is 23.5 Å². The lowest BCUT2D eigenvalue weighted by Crippen LogP contribution is -2.49. The van der Waals surface area contributed by atoms with Gasteiger partial charge in [0.2, 0.25) is 5.91 Å². The number of hydrogen-bond donors (Lipinski definition) is 0. The molecular formula is C19H20ClFN2O4. The maximum atomic E-state index is 14.7. The number of anilines is 1. The fourth-order valence-electron chi connectivity index (χ4n) is 3.58. The van der Waals surface area contributed by atoms with E-state index in [4.69, 9.17) is 27.5 Å². The normalized spacial score (nSPS) is 22.3. The highest BCUT2D eigenvalue weighted by Crippen LogP contribution is 2.39. The van der Waals surface area contributed by atoms with Gasteiger partial charge >= 0.3 is 5.97 Å². The predicted molar refractivity (Wildman–Crippen MR) is 98.0 cm³/mol. The molecule has 2 aliphatic rings. The van der Waals surface area contributed by atoms with Crippen LogP contribution in [0.4, 0.5) is 10.1 Å². The quantitative estimate of drug-likeness (QED) is 0.567. The van der Waals surface area contributed by atoms with E-state index < -0.39 is 24.0 Å². The van der Waals surface area contributed by atoms with E-state index in [0.29, 0.717) is 13.0 Å². The van der Waals surface area contributed by atoms with Crippen molar-refractivity contribution in [2.24, 2.45) is 0 Å². The average molecular weight is 395 g/mol. The van der Waals surface area contributed by atoms with Crippen molar-refractivity contribution in [2.45, 2.75) is 38.4 Å². The second-order valence-corrected chi connectivity index (χ2v) is 6.72. The predicted octanol–water partition coefficient (Wildman–Crippen LogP) is 2.58. The summed E-state index contributed by atoms with van der Waals surface area (Å²) in [6, 6.07) is 1.88. The van der Waals surface area contributed by atoms with Gasteiger partial charge in [0.25, 0.3) is 0 Å². The van der Waals surface area contributed by atoms with Crippen LogP contribution in [0.3, 0.4) is 0 Å². The Balaban J connectivity index is 2.05. The largest absolute Gasteiger partial charge is 0.479 e. The first kappa shape index (κ1) is 19.5. The fraction of sp³-hybridized carbons (Fsp3) is 0.474. The van der Waals surface area contributed by atoms with E-state index in [-0.39, 0.29) is 35.6 Å². The molecule has 2 heterocycles. The summed E-state index contributed by atoms with van der Waals surface area (Å²) < 4.78 is 25.2. The first-order chi connectivity index (χ1) is 13.0. The number of esters is 1. The van der Waals surface area contributed by atoms with Crippen molar-refractivity contribution >= 4 is 29.2 Å². The molecule has 2 atom stereocenters. The van der Waals surface area contributed by atoms with Gasteiger partial charge in [-0.2, -0.15) is 0 Å². The average Bonchev–Trinajstić information content (AvgIpc) is 2.94. The Morgan fingerprint density at radius 3 is 2.93 bits per heavy atom. The number of rotatable bonds is 5. The first-order valence-electron chi connectivity index (χ1n) is 8.80. The van der Waals surface area contributed by atoms with Gasteiger partial charge in [0.1, 0.15) is 18.2 Å². The van der Waals surface area contributed by atoms with E-state index in [1.54, 1.807) is 11.8 Å². The monoisotopic (exact) mass is 394 g/mol. The van der Waals surface area contributed by atoms with Crippen molar-refractivity contribution in [3.05, 3.63) is 23.0 Å². The molecule has 0 aliphatic carbocycles. The molecule has 0 radical (unpaired) electrons. The number of terminal acetylenes is 1. The summed E-state index contributed by atoms with van der Waals surface area (Å²) in [6.45, 7) is 2.34. The molecule has 0 aromatic heterocycles. The Bertz CT molecular complexity index is 795. The molecule has 2 fully saturated rings. The van der Waals surface area contributed by atoms with E-state index in [2.05, 4.69) is 5.92 Å². The minimum atomic E-state index is -1.01. The number of benzene rings is 1. The zero-order valence-corrected chi connectivity index (χ0v) is 15.7. The van der Waals surface area contributed by atoms with Gasteiger partial charge in [0.05, 0.1) is 23.4 Å². The fourth-order valence-corrected chi connectivity index (χ4v) is 3.79. The van der Waals surface area contributed by atoms with Gasteiger partial charge in [-0.05, 0) is 25.8 Å². The van der Waals surface area contributed by atoms with Gasteiger partial charge in [-0.1, -0.05) is 23.9 Å². The van der Waals surface area contributed by atoms with Gasteiger partial charge in [0.15, 0.2) is 6.17 Å². The molecule has 0 saturated carbocycles. The van der Waals surface area contributed by atoms with Crippen molar-refractivity contribution in [2.75, 3.05) is 24.7 Å². The first-order valence-corrected chi connectivity index (χ1v) is 9.18. The number of halogens is 2.